The second-order valence-corrected chi connectivity index (χ2v) is 15.8. The summed E-state index contributed by atoms with van der Waals surface area (Å²) in [5.74, 6) is 1.90. The summed E-state index contributed by atoms with van der Waals surface area (Å²) in [4.78, 5) is 0. The van der Waals surface area contributed by atoms with Crippen LogP contribution >= 0.6 is 0 Å². The second-order valence-electron chi connectivity index (χ2n) is 10.8. The van der Waals surface area contributed by atoms with Gasteiger partial charge in [-0.3, -0.25) is 0 Å². The minimum Gasteiger partial charge on any atom is -0.0654 e. The quantitative estimate of drug-likeness (QED) is 0.287. The molecule has 1 heteroatoms. The summed E-state index contributed by atoms with van der Waals surface area (Å²) in [7, 11) is -0.910. The molecule has 2 aliphatic rings. The Hall–Kier alpha value is -1.34. The SMILES string of the molecule is CCCCCC1CC[Si]2(CC1)CCC(c1ccc(-c3ccc(CCC)cc3)cc1)CC2. The number of rotatable bonds is 8. The standard InChI is InChI=1S/C30H44Si/c1-3-5-6-8-26-17-21-31(22-18-26)23-19-30(20-24-31)29-15-13-28(14-16-29)27-11-9-25(7-4-2)10-12-27/h9-16,26,30H,3-8,17-24H2,1-2H3. The first kappa shape index (κ1) is 22.8. The fourth-order valence-electron chi connectivity index (χ4n) is 6.43. The molecule has 2 aromatic rings. The zero-order valence-corrected chi connectivity index (χ0v) is 21.2. The molecule has 0 unspecified atom stereocenters. The summed E-state index contributed by atoms with van der Waals surface area (Å²) >= 11 is 0. The lowest BCUT2D eigenvalue weighted by molar-refractivity contribution is 0.407. The van der Waals surface area contributed by atoms with Crippen molar-refractivity contribution in [2.45, 2.75) is 108 Å². The highest BCUT2D eigenvalue weighted by Gasteiger charge is 2.40. The first-order chi connectivity index (χ1) is 15.2. The van der Waals surface area contributed by atoms with Crippen LogP contribution in [-0.4, -0.2) is 8.07 Å². The average molecular weight is 433 g/mol. The van der Waals surface area contributed by atoms with Crippen molar-refractivity contribution >= 4 is 8.07 Å². The van der Waals surface area contributed by atoms with E-state index < -0.39 is 8.07 Å². The van der Waals surface area contributed by atoms with E-state index in [2.05, 4.69) is 62.4 Å². The molecule has 2 fully saturated rings. The van der Waals surface area contributed by atoms with E-state index in [0.717, 1.165) is 11.8 Å². The molecule has 1 spiro atoms. The maximum absolute atomic E-state index is 2.43. The van der Waals surface area contributed by atoms with Gasteiger partial charge in [-0.2, -0.15) is 0 Å². The number of benzene rings is 2. The van der Waals surface area contributed by atoms with Crippen LogP contribution in [0, 0.1) is 5.92 Å². The molecule has 2 aliphatic heterocycles. The van der Waals surface area contributed by atoms with Gasteiger partial charge in [-0.15, -0.1) is 0 Å². The molecule has 2 heterocycles. The van der Waals surface area contributed by atoms with Gasteiger partial charge in [0.1, 0.15) is 0 Å². The summed E-state index contributed by atoms with van der Waals surface area (Å²) in [5.41, 5.74) is 5.79. The fraction of sp³-hybridized carbons (Fsp3) is 0.600. The van der Waals surface area contributed by atoms with Crippen LogP contribution in [0.1, 0.15) is 88.7 Å². The molecular weight excluding hydrogens is 388 g/mol. The summed E-state index contributed by atoms with van der Waals surface area (Å²) < 4.78 is 0. The zero-order valence-electron chi connectivity index (χ0n) is 20.2. The highest BCUT2D eigenvalue weighted by Crippen LogP contribution is 2.47. The third-order valence-corrected chi connectivity index (χ3v) is 14.0. The highest BCUT2D eigenvalue weighted by molar-refractivity contribution is 6.80. The van der Waals surface area contributed by atoms with Crippen LogP contribution in [0.5, 0.6) is 0 Å². The van der Waals surface area contributed by atoms with Crippen LogP contribution in [0.3, 0.4) is 0 Å². The molecule has 0 nitrogen and oxygen atoms in total. The molecule has 0 atom stereocenters. The summed E-state index contributed by atoms with van der Waals surface area (Å²) in [6.45, 7) is 4.58. The third-order valence-electron chi connectivity index (χ3n) is 8.64. The lowest BCUT2D eigenvalue weighted by Crippen LogP contribution is -2.41. The van der Waals surface area contributed by atoms with Crippen LogP contribution in [0.25, 0.3) is 11.1 Å². The predicted molar refractivity (Wildman–Crippen MR) is 140 cm³/mol. The van der Waals surface area contributed by atoms with Crippen molar-refractivity contribution in [1.82, 2.24) is 0 Å². The molecule has 0 bridgehead atoms. The Kier molecular flexibility index (Phi) is 8.10. The maximum atomic E-state index is 2.43. The predicted octanol–water partition coefficient (Wildman–Crippen LogP) is 9.62. The third kappa shape index (κ3) is 5.92. The van der Waals surface area contributed by atoms with Crippen molar-refractivity contribution in [1.29, 1.82) is 0 Å². The average Bonchev–Trinajstić information content (AvgIpc) is 2.82. The van der Waals surface area contributed by atoms with Gasteiger partial charge in [0.15, 0.2) is 0 Å². The van der Waals surface area contributed by atoms with Crippen molar-refractivity contribution in [3.8, 4) is 11.1 Å². The van der Waals surface area contributed by atoms with Gasteiger partial charge in [-0.25, -0.2) is 0 Å². The van der Waals surface area contributed by atoms with E-state index in [4.69, 9.17) is 0 Å². The van der Waals surface area contributed by atoms with E-state index in [0.29, 0.717) is 0 Å². The van der Waals surface area contributed by atoms with Gasteiger partial charge in [0, 0.05) is 0 Å². The van der Waals surface area contributed by atoms with Crippen LogP contribution in [0.2, 0.25) is 24.2 Å². The maximum Gasteiger partial charge on any atom is 0.0536 e. The largest absolute Gasteiger partial charge is 0.0654 e. The van der Waals surface area contributed by atoms with Crippen LogP contribution in [0.15, 0.2) is 48.5 Å². The van der Waals surface area contributed by atoms with E-state index in [1.165, 1.54) is 68.1 Å². The Morgan fingerprint density at radius 2 is 1.26 bits per heavy atom. The van der Waals surface area contributed by atoms with Gasteiger partial charge in [-0.1, -0.05) is 132 Å². The second kappa shape index (κ2) is 11.0. The van der Waals surface area contributed by atoms with Crippen molar-refractivity contribution in [2.24, 2.45) is 5.92 Å². The first-order valence-electron chi connectivity index (χ1n) is 13.4. The molecule has 0 N–H and O–H groups in total. The van der Waals surface area contributed by atoms with Crippen LogP contribution in [-0.2, 0) is 6.42 Å². The molecule has 2 saturated heterocycles. The Morgan fingerprint density at radius 3 is 1.84 bits per heavy atom. The molecule has 0 aromatic heterocycles. The van der Waals surface area contributed by atoms with Gasteiger partial charge in [0.25, 0.3) is 0 Å². The molecule has 0 radical (unpaired) electrons. The zero-order chi connectivity index (χ0) is 21.5. The monoisotopic (exact) mass is 432 g/mol. The van der Waals surface area contributed by atoms with Crippen LogP contribution < -0.4 is 0 Å². The van der Waals surface area contributed by atoms with Gasteiger partial charge in [-0.05, 0) is 53.4 Å². The van der Waals surface area contributed by atoms with E-state index in [1.54, 1.807) is 42.6 Å². The number of aryl methyl sites for hydroxylation is 1. The van der Waals surface area contributed by atoms with E-state index in [9.17, 15) is 0 Å². The van der Waals surface area contributed by atoms with Crippen molar-refractivity contribution in [3.05, 3.63) is 59.7 Å². The number of hydrogen-bond donors (Lipinski definition) is 0. The molecule has 0 saturated carbocycles. The summed E-state index contributed by atoms with van der Waals surface area (Å²) in [6.07, 6.45) is 14.3. The highest BCUT2D eigenvalue weighted by atomic mass is 28.3. The molecule has 31 heavy (non-hydrogen) atoms. The molecule has 168 valence electrons. The summed E-state index contributed by atoms with van der Waals surface area (Å²) in [5, 5.41) is 0. The van der Waals surface area contributed by atoms with Gasteiger partial charge in [0.05, 0.1) is 8.07 Å². The molecule has 0 amide bonds. The Morgan fingerprint density at radius 1 is 0.677 bits per heavy atom. The normalized spacial score (nSPS) is 26.3. The van der Waals surface area contributed by atoms with Crippen LogP contribution in [0.4, 0.5) is 0 Å². The Bertz CT molecular complexity index is 770. The van der Waals surface area contributed by atoms with E-state index in [1.807, 2.05) is 0 Å². The molecule has 4 rings (SSSR count). The number of hydrogen-bond acceptors (Lipinski definition) is 0. The number of unbranched alkanes of at least 4 members (excludes halogenated alkanes) is 2. The molecular formula is C30H44Si. The minimum atomic E-state index is -0.910. The van der Waals surface area contributed by atoms with E-state index in [-0.39, 0.29) is 0 Å². The Labute approximate surface area is 192 Å². The smallest absolute Gasteiger partial charge is 0.0536 e. The van der Waals surface area contributed by atoms with E-state index >= 15 is 0 Å². The lowest BCUT2D eigenvalue weighted by atomic mass is 9.91. The molecule has 0 aliphatic carbocycles. The van der Waals surface area contributed by atoms with Gasteiger partial charge >= 0.3 is 0 Å². The Balaban J connectivity index is 1.28. The fourth-order valence-corrected chi connectivity index (χ4v) is 11.9. The molecule has 2 aromatic carbocycles. The van der Waals surface area contributed by atoms with Crippen molar-refractivity contribution < 1.29 is 0 Å². The summed E-state index contributed by atoms with van der Waals surface area (Å²) in [6, 6.07) is 25.3. The van der Waals surface area contributed by atoms with Gasteiger partial charge < -0.3 is 0 Å². The van der Waals surface area contributed by atoms with Crippen molar-refractivity contribution in [3.63, 3.8) is 0 Å². The topological polar surface area (TPSA) is 0 Å². The minimum absolute atomic E-state index is 0.821. The van der Waals surface area contributed by atoms with Gasteiger partial charge in [0.2, 0.25) is 0 Å². The van der Waals surface area contributed by atoms with Crippen molar-refractivity contribution in [2.75, 3.05) is 0 Å². The lowest BCUT2D eigenvalue weighted by Gasteiger charge is -2.43. The first-order valence-corrected chi connectivity index (χ1v) is 16.2.